The van der Waals surface area contributed by atoms with E-state index in [1.54, 1.807) is 6.92 Å². The van der Waals surface area contributed by atoms with Crippen molar-refractivity contribution in [1.29, 1.82) is 0 Å². The van der Waals surface area contributed by atoms with Gasteiger partial charge in [0.1, 0.15) is 0 Å². The maximum Gasteiger partial charge on any atom is 0.224 e. The largest absolute Gasteiger partial charge is 0.340 e. The van der Waals surface area contributed by atoms with Gasteiger partial charge in [-0.2, -0.15) is 0 Å². The highest BCUT2D eigenvalue weighted by atomic mass is 16.2. The van der Waals surface area contributed by atoms with Gasteiger partial charge in [-0.05, 0) is 51.4 Å². The zero-order chi connectivity index (χ0) is 15.6. The highest BCUT2D eigenvalue weighted by molar-refractivity contribution is 5.79. The van der Waals surface area contributed by atoms with Gasteiger partial charge in [-0.1, -0.05) is 6.92 Å². The first-order valence-corrected chi connectivity index (χ1v) is 8.46. The summed E-state index contributed by atoms with van der Waals surface area (Å²) in [4.78, 5) is 28.3. The summed E-state index contributed by atoms with van der Waals surface area (Å²) < 4.78 is 0. The Balaban J connectivity index is 1.94. The van der Waals surface area contributed by atoms with Crippen molar-refractivity contribution in [1.82, 2.24) is 9.80 Å². The predicted molar refractivity (Wildman–Crippen MR) is 83.8 cm³/mol. The Hall–Kier alpha value is -1.06. The van der Waals surface area contributed by atoms with Crippen molar-refractivity contribution >= 4 is 11.8 Å². The van der Waals surface area contributed by atoms with E-state index in [0.29, 0.717) is 12.3 Å². The zero-order valence-corrected chi connectivity index (χ0v) is 14.0. The van der Waals surface area contributed by atoms with E-state index in [0.717, 1.165) is 38.3 Å². The molecule has 0 aromatic carbocycles. The van der Waals surface area contributed by atoms with Crippen molar-refractivity contribution in [3.05, 3.63) is 0 Å². The topological polar surface area (TPSA) is 40.6 Å². The van der Waals surface area contributed by atoms with Crippen LogP contribution in [0.3, 0.4) is 0 Å². The summed E-state index contributed by atoms with van der Waals surface area (Å²) in [6, 6.07) is 0.362. The molecule has 0 spiro atoms. The van der Waals surface area contributed by atoms with Gasteiger partial charge in [0.15, 0.2) is 0 Å². The average molecular weight is 294 g/mol. The fourth-order valence-electron chi connectivity index (χ4n) is 3.45. The number of hydrogen-bond acceptors (Lipinski definition) is 2. The van der Waals surface area contributed by atoms with Crippen molar-refractivity contribution in [2.45, 2.75) is 71.9 Å². The maximum atomic E-state index is 12.7. The first-order valence-electron chi connectivity index (χ1n) is 8.46. The smallest absolute Gasteiger partial charge is 0.224 e. The molecule has 1 saturated carbocycles. The lowest BCUT2D eigenvalue weighted by atomic mass is 9.98. The van der Waals surface area contributed by atoms with E-state index in [-0.39, 0.29) is 23.9 Å². The fourth-order valence-corrected chi connectivity index (χ4v) is 3.45. The molecule has 1 aliphatic heterocycles. The molecule has 1 aliphatic carbocycles. The van der Waals surface area contributed by atoms with Gasteiger partial charge >= 0.3 is 0 Å². The third kappa shape index (κ3) is 4.21. The quantitative estimate of drug-likeness (QED) is 0.782. The summed E-state index contributed by atoms with van der Waals surface area (Å²) in [6.45, 7) is 9.77. The van der Waals surface area contributed by atoms with Crippen molar-refractivity contribution in [3.8, 4) is 0 Å². The van der Waals surface area contributed by atoms with E-state index >= 15 is 0 Å². The third-order valence-electron chi connectivity index (χ3n) is 5.09. The summed E-state index contributed by atoms with van der Waals surface area (Å²) in [6.07, 6.45) is 4.91. The van der Waals surface area contributed by atoms with Gasteiger partial charge in [-0.25, -0.2) is 0 Å². The molecular formula is C17H30N2O2. The maximum absolute atomic E-state index is 12.7. The van der Waals surface area contributed by atoms with E-state index in [1.165, 1.54) is 6.42 Å². The van der Waals surface area contributed by atoms with E-state index < -0.39 is 0 Å². The van der Waals surface area contributed by atoms with Gasteiger partial charge in [0.25, 0.3) is 0 Å². The first kappa shape index (κ1) is 16.3. The Labute approximate surface area is 128 Å². The first-order chi connectivity index (χ1) is 9.90. The third-order valence-corrected chi connectivity index (χ3v) is 5.09. The van der Waals surface area contributed by atoms with Crippen LogP contribution in [-0.4, -0.2) is 46.8 Å². The molecule has 21 heavy (non-hydrogen) atoms. The average Bonchev–Trinajstić information content (AvgIpc) is 3.11. The van der Waals surface area contributed by atoms with Crippen LogP contribution in [0.2, 0.25) is 0 Å². The Bertz CT molecular complexity index is 394. The van der Waals surface area contributed by atoms with E-state index in [4.69, 9.17) is 0 Å². The van der Waals surface area contributed by atoms with E-state index in [9.17, 15) is 9.59 Å². The van der Waals surface area contributed by atoms with Gasteiger partial charge in [-0.15, -0.1) is 0 Å². The second-order valence-corrected chi connectivity index (χ2v) is 7.18. The highest BCUT2D eigenvalue weighted by Crippen LogP contribution is 2.38. The van der Waals surface area contributed by atoms with Crippen LogP contribution in [0.5, 0.6) is 0 Å². The minimum atomic E-state index is 0.111. The molecule has 0 bridgehead atoms. The molecule has 1 heterocycles. The fraction of sp³-hybridized carbons (Fsp3) is 0.882. The molecule has 2 fully saturated rings. The second-order valence-electron chi connectivity index (χ2n) is 7.18. The molecule has 3 atom stereocenters. The van der Waals surface area contributed by atoms with Crippen molar-refractivity contribution in [3.63, 3.8) is 0 Å². The van der Waals surface area contributed by atoms with Crippen LogP contribution in [-0.2, 0) is 9.59 Å². The number of carbonyl (C=O) groups excluding carboxylic acids is 2. The number of amides is 2. The van der Waals surface area contributed by atoms with Crippen LogP contribution in [0, 0.1) is 11.8 Å². The number of nitrogens with zero attached hydrogens (tertiary/aromatic N) is 2. The van der Waals surface area contributed by atoms with Crippen LogP contribution in [0.1, 0.15) is 59.8 Å². The molecule has 120 valence electrons. The van der Waals surface area contributed by atoms with Crippen molar-refractivity contribution in [2.75, 3.05) is 13.1 Å². The molecule has 4 heteroatoms. The van der Waals surface area contributed by atoms with E-state index in [1.807, 2.05) is 9.80 Å². The lowest BCUT2D eigenvalue weighted by Gasteiger charge is -2.36. The number of rotatable bonds is 5. The SMILES string of the molecule is CC(=O)N1CCCC[C@@H]1CC(=O)N(C[C@H]1C[C@H]1C)C(C)C. The second kappa shape index (κ2) is 6.80. The van der Waals surface area contributed by atoms with Gasteiger partial charge in [0, 0.05) is 38.5 Å². The molecule has 1 saturated heterocycles. The molecule has 0 N–H and O–H groups in total. The number of carbonyl (C=O) groups is 2. The Morgan fingerprint density at radius 1 is 1.29 bits per heavy atom. The van der Waals surface area contributed by atoms with Crippen LogP contribution in [0.25, 0.3) is 0 Å². The molecule has 0 radical (unpaired) electrons. The molecule has 0 aromatic heterocycles. The summed E-state index contributed by atoms with van der Waals surface area (Å²) in [5, 5.41) is 0. The molecule has 0 aromatic rings. The molecule has 2 rings (SSSR count). The van der Waals surface area contributed by atoms with Crippen LogP contribution >= 0.6 is 0 Å². The van der Waals surface area contributed by atoms with Crippen molar-refractivity contribution < 1.29 is 9.59 Å². The Morgan fingerprint density at radius 3 is 2.48 bits per heavy atom. The molecule has 2 amide bonds. The monoisotopic (exact) mass is 294 g/mol. The number of hydrogen-bond donors (Lipinski definition) is 0. The van der Waals surface area contributed by atoms with Gasteiger partial charge in [-0.3, -0.25) is 9.59 Å². The molecule has 0 unspecified atom stereocenters. The van der Waals surface area contributed by atoms with Gasteiger partial charge in [0.05, 0.1) is 0 Å². The van der Waals surface area contributed by atoms with Crippen LogP contribution < -0.4 is 0 Å². The van der Waals surface area contributed by atoms with Crippen LogP contribution in [0.15, 0.2) is 0 Å². The Morgan fingerprint density at radius 2 is 1.95 bits per heavy atom. The lowest BCUT2D eigenvalue weighted by molar-refractivity contribution is -0.138. The summed E-state index contributed by atoms with van der Waals surface area (Å²) >= 11 is 0. The van der Waals surface area contributed by atoms with Gasteiger partial charge in [0.2, 0.25) is 11.8 Å². The van der Waals surface area contributed by atoms with E-state index in [2.05, 4.69) is 20.8 Å². The zero-order valence-electron chi connectivity index (χ0n) is 14.0. The standard InChI is InChI=1S/C17H30N2O2/c1-12(2)19(11-15-9-13(15)3)17(21)10-16-7-5-6-8-18(16)14(4)20/h12-13,15-16H,5-11H2,1-4H3/t13-,15-,16-/m1/s1. The highest BCUT2D eigenvalue weighted by Gasteiger charge is 2.36. The lowest BCUT2D eigenvalue weighted by Crippen LogP contribution is -2.47. The van der Waals surface area contributed by atoms with Gasteiger partial charge < -0.3 is 9.80 Å². The normalized spacial score (nSPS) is 28.6. The minimum Gasteiger partial charge on any atom is -0.340 e. The Kier molecular flexibility index (Phi) is 5.28. The van der Waals surface area contributed by atoms with Crippen LogP contribution in [0.4, 0.5) is 0 Å². The number of piperidine rings is 1. The molecule has 2 aliphatic rings. The molecule has 4 nitrogen and oxygen atoms in total. The predicted octanol–water partition coefficient (Wildman–Crippen LogP) is 2.67. The summed E-state index contributed by atoms with van der Waals surface area (Å²) in [7, 11) is 0. The summed E-state index contributed by atoms with van der Waals surface area (Å²) in [5.74, 6) is 1.79. The number of likely N-dealkylation sites (tertiary alicyclic amines) is 1. The minimum absolute atomic E-state index is 0.111. The molecular weight excluding hydrogens is 264 g/mol. The van der Waals surface area contributed by atoms with Crippen molar-refractivity contribution in [2.24, 2.45) is 11.8 Å². The summed E-state index contributed by atoms with van der Waals surface area (Å²) in [5.41, 5.74) is 0.